The van der Waals surface area contributed by atoms with Crippen molar-refractivity contribution in [1.29, 1.82) is 0 Å². The molecular weight excluding hydrogens is 436 g/mol. The lowest BCUT2D eigenvalue weighted by molar-refractivity contribution is -0.0980. The third-order valence-corrected chi connectivity index (χ3v) is 6.92. The smallest absolute Gasteiger partial charge is 0.472 e. The van der Waals surface area contributed by atoms with Crippen molar-refractivity contribution in [2.75, 3.05) is 0 Å². The maximum Gasteiger partial charge on any atom is 0.494 e. The van der Waals surface area contributed by atoms with Gasteiger partial charge in [0.2, 0.25) is 0 Å². The van der Waals surface area contributed by atoms with Gasteiger partial charge in [0.15, 0.2) is 6.73 Å². The van der Waals surface area contributed by atoms with Crippen LogP contribution in [0.15, 0.2) is 48.9 Å². The molecule has 34 heavy (non-hydrogen) atoms. The maximum atomic E-state index is 15.3. The first-order chi connectivity index (χ1) is 16.2. The average Bonchev–Trinajstić information content (AvgIpc) is 3.51. The predicted octanol–water partition coefficient (Wildman–Crippen LogP) is 4.30. The Morgan fingerprint density at radius 1 is 1.09 bits per heavy atom. The lowest BCUT2D eigenvalue weighted by Crippen LogP contribution is -2.41. The van der Waals surface area contributed by atoms with Gasteiger partial charge < -0.3 is 28.4 Å². The van der Waals surface area contributed by atoms with Gasteiger partial charge in [0.1, 0.15) is 18.4 Å². The summed E-state index contributed by atoms with van der Waals surface area (Å²) in [4.78, 5) is 15.0. The molecule has 0 spiro atoms. The minimum atomic E-state index is -0.446. The number of nitrogens with zero attached hydrogens (tertiary/aromatic N) is 2. The van der Waals surface area contributed by atoms with E-state index in [1.165, 1.54) is 6.07 Å². The maximum absolute atomic E-state index is 15.3. The van der Waals surface area contributed by atoms with Crippen LogP contribution in [0.4, 0.5) is 4.39 Å². The van der Waals surface area contributed by atoms with E-state index in [4.69, 9.17) is 18.8 Å². The van der Waals surface area contributed by atoms with Crippen LogP contribution in [0, 0.1) is 5.82 Å². The van der Waals surface area contributed by atoms with Crippen molar-refractivity contribution >= 4 is 30.3 Å². The highest BCUT2D eigenvalue weighted by Crippen LogP contribution is 2.42. The Morgan fingerprint density at radius 3 is 2.50 bits per heavy atom. The minimum Gasteiger partial charge on any atom is -0.472 e. The Balaban J connectivity index is 0.00000117. The number of hydrogen-bond donors (Lipinski definition) is 1. The van der Waals surface area contributed by atoms with E-state index in [1.807, 2.05) is 63.3 Å². The summed E-state index contributed by atoms with van der Waals surface area (Å²) in [6.07, 6.45) is 3.24. The summed E-state index contributed by atoms with van der Waals surface area (Å²) in [6, 6.07) is 11.4. The van der Waals surface area contributed by atoms with E-state index in [0.717, 1.165) is 27.8 Å². The van der Waals surface area contributed by atoms with E-state index in [9.17, 15) is 0 Å². The van der Waals surface area contributed by atoms with Crippen molar-refractivity contribution in [2.24, 2.45) is 0 Å². The van der Waals surface area contributed by atoms with E-state index < -0.39 is 18.3 Å². The Hall–Kier alpha value is -3.43. The molecule has 2 aromatic heterocycles. The average molecular weight is 461 g/mol. The predicted molar refractivity (Wildman–Crippen MR) is 128 cm³/mol. The van der Waals surface area contributed by atoms with Crippen LogP contribution in [-0.2, 0) is 20.8 Å². The van der Waals surface area contributed by atoms with Crippen LogP contribution in [-0.4, -0.2) is 39.6 Å². The summed E-state index contributed by atoms with van der Waals surface area (Å²) in [6.45, 7) is 10.5. The van der Waals surface area contributed by atoms with Gasteiger partial charge in [0.25, 0.3) is 0 Å². The van der Waals surface area contributed by atoms with Crippen LogP contribution in [0.5, 0.6) is 5.75 Å². The molecule has 174 valence electrons. The zero-order valence-corrected chi connectivity index (χ0v) is 19.5. The molecule has 0 bridgehead atoms. The number of fused-ring (bicyclic) bond motifs is 5. The van der Waals surface area contributed by atoms with E-state index in [0.29, 0.717) is 23.6 Å². The van der Waals surface area contributed by atoms with Gasteiger partial charge in [-0.25, -0.2) is 9.37 Å². The van der Waals surface area contributed by atoms with Crippen molar-refractivity contribution in [3.63, 3.8) is 0 Å². The second kappa shape index (κ2) is 7.82. The molecule has 6 rings (SSSR count). The molecular formula is C25H25BFN3O4. The third kappa shape index (κ3) is 3.35. The molecule has 4 aromatic rings. The minimum absolute atomic E-state index is 0.313. The van der Waals surface area contributed by atoms with Gasteiger partial charge in [-0.1, -0.05) is 12.1 Å². The standard InChI is InChI=1S/C24H23BFN3O3.CH2O/c1-23(2)24(3,4)32-25(31-23)16-5-6-19-15(7-16)9-20-22-17(26)8-14(18-11-27-12-28-18)10-21(22)30-13-29(19)20;1-2/h5-12H,13H2,1-4H3,(H,27,28);1H2. The number of aromatic nitrogens is 3. The van der Waals surface area contributed by atoms with Crippen molar-refractivity contribution in [3.8, 4) is 28.3 Å². The first-order valence-corrected chi connectivity index (χ1v) is 11.0. The first-order valence-electron chi connectivity index (χ1n) is 11.0. The summed E-state index contributed by atoms with van der Waals surface area (Å²) in [5.41, 5.74) is 3.80. The fraction of sp³-hybridized carbons (Fsp3) is 0.280. The highest BCUT2D eigenvalue weighted by Gasteiger charge is 2.51. The molecule has 0 atom stereocenters. The summed E-state index contributed by atoms with van der Waals surface area (Å²) < 4.78 is 35.6. The Labute approximate surface area is 197 Å². The molecule has 9 heteroatoms. The van der Waals surface area contributed by atoms with Crippen LogP contribution >= 0.6 is 0 Å². The third-order valence-electron chi connectivity index (χ3n) is 6.92. The Morgan fingerprint density at radius 2 is 1.82 bits per heavy atom. The largest absolute Gasteiger partial charge is 0.494 e. The van der Waals surface area contributed by atoms with Crippen LogP contribution < -0.4 is 10.2 Å². The molecule has 0 radical (unpaired) electrons. The van der Waals surface area contributed by atoms with Crippen LogP contribution in [0.25, 0.3) is 33.4 Å². The number of imidazole rings is 1. The van der Waals surface area contributed by atoms with Crippen molar-refractivity contribution in [2.45, 2.75) is 45.6 Å². The number of benzene rings is 2. The van der Waals surface area contributed by atoms with Crippen molar-refractivity contribution < 1.29 is 23.2 Å². The normalized spacial score (nSPS) is 17.5. The molecule has 2 aliphatic heterocycles. The fourth-order valence-corrected chi connectivity index (χ4v) is 4.41. The van der Waals surface area contributed by atoms with E-state index in [2.05, 4.69) is 16.0 Å². The number of carbonyl (C=O) groups is 1. The number of H-pyrrole nitrogens is 1. The molecule has 4 heterocycles. The topological polar surface area (TPSA) is 78.4 Å². The van der Waals surface area contributed by atoms with Gasteiger partial charge in [-0.2, -0.15) is 0 Å². The molecule has 1 saturated heterocycles. The molecule has 1 N–H and O–H groups in total. The van der Waals surface area contributed by atoms with Gasteiger partial charge in [-0.15, -0.1) is 0 Å². The quantitative estimate of drug-likeness (QED) is 0.451. The number of nitrogens with one attached hydrogen (secondary N) is 1. The van der Waals surface area contributed by atoms with E-state index in [-0.39, 0.29) is 5.82 Å². The first kappa shape index (κ1) is 22.4. The number of halogens is 1. The summed E-state index contributed by atoms with van der Waals surface area (Å²) >= 11 is 0. The number of rotatable bonds is 2. The number of hydrogen-bond acceptors (Lipinski definition) is 5. The van der Waals surface area contributed by atoms with Gasteiger partial charge in [0, 0.05) is 10.9 Å². The number of aromatic amines is 1. The van der Waals surface area contributed by atoms with E-state index >= 15 is 4.39 Å². The van der Waals surface area contributed by atoms with Crippen LogP contribution in [0.3, 0.4) is 0 Å². The summed E-state index contributed by atoms with van der Waals surface area (Å²) in [7, 11) is -0.446. The zero-order chi connectivity index (χ0) is 24.3. The van der Waals surface area contributed by atoms with Gasteiger partial charge in [-0.3, -0.25) is 0 Å². The van der Waals surface area contributed by atoms with Crippen LogP contribution in [0.1, 0.15) is 27.7 Å². The second-order valence-corrected chi connectivity index (χ2v) is 9.43. The highest BCUT2D eigenvalue weighted by atomic mass is 19.1. The molecule has 0 unspecified atom stereocenters. The molecule has 0 saturated carbocycles. The number of ether oxygens (including phenoxy) is 1. The van der Waals surface area contributed by atoms with Crippen molar-refractivity contribution in [3.05, 3.63) is 54.7 Å². The Kier molecular flexibility index (Phi) is 5.14. The molecule has 1 fully saturated rings. The van der Waals surface area contributed by atoms with Crippen molar-refractivity contribution in [1.82, 2.24) is 14.5 Å². The van der Waals surface area contributed by atoms with E-state index in [1.54, 1.807) is 12.5 Å². The lowest BCUT2D eigenvalue weighted by Gasteiger charge is -2.32. The number of carbonyl (C=O) groups excluding carboxylic acids is 1. The Bertz CT molecular complexity index is 1360. The molecule has 0 amide bonds. The highest BCUT2D eigenvalue weighted by molar-refractivity contribution is 6.62. The second-order valence-electron chi connectivity index (χ2n) is 9.43. The summed E-state index contributed by atoms with van der Waals surface area (Å²) in [5, 5.41) is 0.987. The van der Waals surface area contributed by atoms with Gasteiger partial charge >= 0.3 is 7.12 Å². The monoisotopic (exact) mass is 461 g/mol. The van der Waals surface area contributed by atoms with Crippen LogP contribution in [0.2, 0.25) is 0 Å². The zero-order valence-electron chi connectivity index (χ0n) is 19.5. The molecule has 0 aliphatic carbocycles. The SMILES string of the molecule is C=O.CC1(C)OB(c2ccc3c(c2)cc2n3COc3cc(-c4cnc[nH]4)cc(F)c3-2)OC1(C)C. The van der Waals surface area contributed by atoms with Gasteiger partial charge in [0.05, 0.1) is 46.2 Å². The van der Waals surface area contributed by atoms with Gasteiger partial charge in [-0.05, 0) is 57.4 Å². The molecule has 2 aromatic carbocycles. The molecule has 2 aliphatic rings. The lowest BCUT2D eigenvalue weighted by atomic mass is 9.78. The molecule has 7 nitrogen and oxygen atoms in total. The fourth-order valence-electron chi connectivity index (χ4n) is 4.41. The summed E-state index contributed by atoms with van der Waals surface area (Å²) in [5.74, 6) is 0.193.